The Balaban J connectivity index is 2.04. The van der Waals surface area contributed by atoms with Crippen LogP contribution >= 0.6 is 11.8 Å². The number of carbonyl (C=O) groups is 1. The van der Waals surface area contributed by atoms with Crippen LogP contribution in [0.25, 0.3) is 0 Å². The van der Waals surface area contributed by atoms with E-state index in [0.717, 1.165) is 18.1 Å². The molecule has 19 heavy (non-hydrogen) atoms. The highest BCUT2D eigenvalue weighted by Gasteiger charge is 2.16. The standard InChI is InChI=1S/C11H23N3O3S2/c1-2-19(16,17)14-5-3-4-13-11(15)8-10-9-18-7-6-12-10/h10,12,14H,2-9H2,1H3,(H,13,15). The molecule has 1 heterocycles. The molecule has 112 valence electrons. The lowest BCUT2D eigenvalue weighted by molar-refractivity contribution is -0.121. The number of rotatable bonds is 8. The Kier molecular flexibility index (Phi) is 7.74. The minimum absolute atomic E-state index is 0.0262. The average molecular weight is 309 g/mol. The lowest BCUT2D eigenvalue weighted by Crippen LogP contribution is -2.41. The molecule has 0 saturated carbocycles. The van der Waals surface area contributed by atoms with Crippen molar-refractivity contribution in [1.29, 1.82) is 0 Å². The molecule has 0 bridgehead atoms. The van der Waals surface area contributed by atoms with Gasteiger partial charge in [-0.25, -0.2) is 13.1 Å². The molecule has 1 aliphatic heterocycles. The van der Waals surface area contributed by atoms with E-state index >= 15 is 0 Å². The van der Waals surface area contributed by atoms with Gasteiger partial charge in [0.15, 0.2) is 0 Å². The molecule has 1 saturated heterocycles. The quantitative estimate of drug-likeness (QED) is 0.528. The summed E-state index contributed by atoms with van der Waals surface area (Å²) in [4.78, 5) is 11.6. The van der Waals surface area contributed by atoms with Crippen LogP contribution < -0.4 is 15.4 Å². The predicted octanol–water partition coefficient (Wildman–Crippen LogP) is -0.473. The summed E-state index contributed by atoms with van der Waals surface area (Å²) >= 11 is 1.86. The highest BCUT2D eigenvalue weighted by Crippen LogP contribution is 2.09. The Morgan fingerprint density at radius 2 is 2.21 bits per heavy atom. The Labute approximate surface area is 119 Å². The van der Waals surface area contributed by atoms with E-state index in [1.807, 2.05) is 11.8 Å². The van der Waals surface area contributed by atoms with Crippen molar-refractivity contribution in [2.75, 3.05) is 36.9 Å². The van der Waals surface area contributed by atoms with Gasteiger partial charge in [0, 0.05) is 43.6 Å². The fourth-order valence-corrected chi connectivity index (χ4v) is 3.30. The maximum Gasteiger partial charge on any atom is 0.221 e. The van der Waals surface area contributed by atoms with Gasteiger partial charge in [-0.1, -0.05) is 0 Å². The van der Waals surface area contributed by atoms with Crippen LogP contribution in [-0.4, -0.2) is 57.3 Å². The van der Waals surface area contributed by atoms with Crippen LogP contribution in [-0.2, 0) is 14.8 Å². The summed E-state index contributed by atoms with van der Waals surface area (Å²) in [5.74, 6) is 2.20. The van der Waals surface area contributed by atoms with Crippen molar-refractivity contribution in [1.82, 2.24) is 15.4 Å². The molecular weight excluding hydrogens is 286 g/mol. The smallest absolute Gasteiger partial charge is 0.221 e. The second-order valence-electron chi connectivity index (χ2n) is 4.43. The zero-order chi connectivity index (χ0) is 14.1. The van der Waals surface area contributed by atoms with Crippen molar-refractivity contribution in [3.8, 4) is 0 Å². The zero-order valence-corrected chi connectivity index (χ0v) is 12.9. The molecule has 0 aliphatic carbocycles. The Bertz CT molecular complexity index is 367. The van der Waals surface area contributed by atoms with Crippen molar-refractivity contribution in [2.45, 2.75) is 25.8 Å². The normalized spacial score (nSPS) is 20.2. The van der Waals surface area contributed by atoms with E-state index in [1.165, 1.54) is 0 Å². The first-order chi connectivity index (χ1) is 9.03. The summed E-state index contributed by atoms with van der Waals surface area (Å²) in [7, 11) is -3.12. The molecule has 1 atom stereocenters. The summed E-state index contributed by atoms with van der Waals surface area (Å²) < 4.78 is 24.8. The number of nitrogens with one attached hydrogen (secondary N) is 3. The van der Waals surface area contributed by atoms with Crippen molar-refractivity contribution in [3.05, 3.63) is 0 Å². The minimum Gasteiger partial charge on any atom is -0.356 e. The van der Waals surface area contributed by atoms with Gasteiger partial charge in [0.25, 0.3) is 0 Å². The lowest BCUT2D eigenvalue weighted by atomic mass is 10.2. The number of thioether (sulfide) groups is 1. The third kappa shape index (κ3) is 7.76. The van der Waals surface area contributed by atoms with Crippen LogP contribution in [0.3, 0.4) is 0 Å². The molecule has 0 aromatic carbocycles. The van der Waals surface area contributed by atoms with Gasteiger partial charge in [0.2, 0.25) is 15.9 Å². The third-order valence-electron chi connectivity index (χ3n) is 2.81. The summed E-state index contributed by atoms with van der Waals surface area (Å²) in [6.07, 6.45) is 1.10. The van der Waals surface area contributed by atoms with Crippen LogP contribution in [0.15, 0.2) is 0 Å². The summed E-state index contributed by atoms with van der Waals surface area (Å²) in [6.45, 7) is 3.43. The number of carbonyl (C=O) groups excluding carboxylic acids is 1. The molecule has 1 rings (SSSR count). The van der Waals surface area contributed by atoms with Crippen molar-refractivity contribution in [3.63, 3.8) is 0 Å². The predicted molar refractivity (Wildman–Crippen MR) is 78.8 cm³/mol. The van der Waals surface area contributed by atoms with Crippen molar-refractivity contribution >= 4 is 27.7 Å². The number of amides is 1. The monoisotopic (exact) mass is 309 g/mol. The highest BCUT2D eigenvalue weighted by molar-refractivity contribution is 7.99. The van der Waals surface area contributed by atoms with E-state index in [2.05, 4.69) is 15.4 Å². The van der Waals surface area contributed by atoms with E-state index < -0.39 is 10.0 Å². The van der Waals surface area contributed by atoms with Gasteiger partial charge in [-0.15, -0.1) is 0 Å². The summed E-state index contributed by atoms with van der Waals surface area (Å²) in [5, 5.41) is 6.12. The molecular formula is C11H23N3O3S2. The van der Waals surface area contributed by atoms with Gasteiger partial charge in [0.05, 0.1) is 5.75 Å². The summed E-state index contributed by atoms with van der Waals surface area (Å²) in [5.41, 5.74) is 0. The fraction of sp³-hybridized carbons (Fsp3) is 0.909. The second kappa shape index (κ2) is 8.78. The molecule has 8 heteroatoms. The van der Waals surface area contributed by atoms with E-state index in [4.69, 9.17) is 0 Å². The number of sulfonamides is 1. The Morgan fingerprint density at radius 3 is 2.84 bits per heavy atom. The first-order valence-corrected chi connectivity index (χ1v) is 9.39. The van der Waals surface area contributed by atoms with Crippen LogP contribution in [0, 0.1) is 0 Å². The molecule has 3 N–H and O–H groups in total. The van der Waals surface area contributed by atoms with Crippen molar-refractivity contribution in [2.24, 2.45) is 0 Å². The van der Waals surface area contributed by atoms with Gasteiger partial charge < -0.3 is 10.6 Å². The number of hydrogen-bond acceptors (Lipinski definition) is 5. The van der Waals surface area contributed by atoms with Gasteiger partial charge in [-0.3, -0.25) is 4.79 Å². The molecule has 0 spiro atoms. The fourth-order valence-electron chi connectivity index (χ4n) is 1.69. The minimum atomic E-state index is -3.12. The van der Waals surface area contributed by atoms with E-state index in [9.17, 15) is 13.2 Å². The molecule has 1 fully saturated rings. The maximum absolute atomic E-state index is 11.6. The van der Waals surface area contributed by atoms with Gasteiger partial charge >= 0.3 is 0 Å². The first kappa shape index (κ1) is 16.7. The summed E-state index contributed by atoms with van der Waals surface area (Å²) in [6, 6.07) is 0.261. The molecule has 0 aromatic rings. The maximum atomic E-state index is 11.6. The van der Waals surface area contributed by atoms with Gasteiger partial charge in [0.1, 0.15) is 0 Å². The zero-order valence-electron chi connectivity index (χ0n) is 11.3. The van der Waals surface area contributed by atoms with Crippen LogP contribution in [0.2, 0.25) is 0 Å². The molecule has 1 unspecified atom stereocenters. The molecule has 0 aromatic heterocycles. The lowest BCUT2D eigenvalue weighted by Gasteiger charge is -2.22. The SMILES string of the molecule is CCS(=O)(=O)NCCCNC(=O)CC1CSCCN1. The topological polar surface area (TPSA) is 87.3 Å². The van der Waals surface area contributed by atoms with Crippen LogP contribution in [0.5, 0.6) is 0 Å². The second-order valence-corrected chi connectivity index (χ2v) is 7.68. The molecule has 1 aliphatic rings. The molecule has 6 nitrogen and oxygen atoms in total. The van der Waals surface area contributed by atoms with Gasteiger partial charge in [-0.05, 0) is 13.3 Å². The van der Waals surface area contributed by atoms with Crippen LogP contribution in [0.1, 0.15) is 19.8 Å². The largest absolute Gasteiger partial charge is 0.356 e. The Morgan fingerprint density at radius 1 is 1.42 bits per heavy atom. The van der Waals surface area contributed by atoms with E-state index in [-0.39, 0.29) is 17.7 Å². The van der Waals surface area contributed by atoms with Crippen molar-refractivity contribution < 1.29 is 13.2 Å². The van der Waals surface area contributed by atoms with E-state index in [1.54, 1.807) is 6.92 Å². The highest BCUT2D eigenvalue weighted by atomic mass is 32.2. The third-order valence-corrected chi connectivity index (χ3v) is 5.34. The van der Waals surface area contributed by atoms with Crippen LogP contribution in [0.4, 0.5) is 0 Å². The van der Waals surface area contributed by atoms with E-state index in [0.29, 0.717) is 25.9 Å². The first-order valence-electron chi connectivity index (χ1n) is 6.58. The van der Waals surface area contributed by atoms with Gasteiger partial charge in [-0.2, -0.15) is 11.8 Å². The Hall–Kier alpha value is -0.310. The molecule has 1 amide bonds. The number of hydrogen-bond donors (Lipinski definition) is 3. The average Bonchev–Trinajstić information content (AvgIpc) is 2.39. The molecule has 0 radical (unpaired) electrons.